The summed E-state index contributed by atoms with van der Waals surface area (Å²) in [5.41, 5.74) is 7.86. The second kappa shape index (κ2) is 6.18. The van der Waals surface area contributed by atoms with Gasteiger partial charge in [0.15, 0.2) is 11.5 Å². The summed E-state index contributed by atoms with van der Waals surface area (Å²) in [5.74, 6) is 2.85. The Morgan fingerprint density at radius 2 is 2.10 bits per heavy atom. The Balaban J connectivity index is 1.85. The van der Waals surface area contributed by atoms with Crippen LogP contribution in [0.15, 0.2) is 24.4 Å². The van der Waals surface area contributed by atoms with Crippen LogP contribution in [0.1, 0.15) is 31.5 Å². The van der Waals surface area contributed by atoms with Crippen LogP contribution in [0.5, 0.6) is 11.5 Å². The lowest BCUT2D eigenvalue weighted by atomic mass is 10.0. The van der Waals surface area contributed by atoms with Crippen LogP contribution in [0.25, 0.3) is 11.3 Å². The van der Waals surface area contributed by atoms with Gasteiger partial charge in [0.25, 0.3) is 0 Å². The molecule has 21 heavy (non-hydrogen) atoms. The molecule has 1 atom stereocenters. The van der Waals surface area contributed by atoms with E-state index >= 15 is 0 Å². The number of benzene rings is 1. The zero-order valence-electron chi connectivity index (χ0n) is 12.3. The van der Waals surface area contributed by atoms with Crippen LogP contribution in [0, 0.1) is 0 Å². The van der Waals surface area contributed by atoms with Gasteiger partial charge < -0.3 is 20.2 Å². The Morgan fingerprint density at radius 1 is 1.29 bits per heavy atom. The van der Waals surface area contributed by atoms with Gasteiger partial charge in [-0.05, 0) is 24.6 Å². The van der Waals surface area contributed by atoms with E-state index in [0.717, 1.165) is 41.4 Å². The molecule has 5 heteroatoms. The molecule has 3 rings (SSSR count). The van der Waals surface area contributed by atoms with Crippen molar-refractivity contribution in [2.45, 2.75) is 25.7 Å². The quantitative estimate of drug-likeness (QED) is 0.886. The molecule has 2 aromatic rings. The molecule has 0 amide bonds. The number of nitrogens with zero attached hydrogens (tertiary/aromatic N) is 1. The van der Waals surface area contributed by atoms with E-state index in [-0.39, 0.29) is 0 Å². The van der Waals surface area contributed by atoms with Crippen molar-refractivity contribution in [3.05, 3.63) is 30.2 Å². The first-order valence-electron chi connectivity index (χ1n) is 7.46. The topological polar surface area (TPSA) is 73.2 Å². The highest BCUT2D eigenvalue weighted by Gasteiger charge is 2.16. The van der Waals surface area contributed by atoms with Crippen LogP contribution >= 0.6 is 0 Å². The molecule has 1 unspecified atom stereocenters. The van der Waals surface area contributed by atoms with E-state index < -0.39 is 0 Å². The monoisotopic (exact) mass is 287 g/mol. The Kier molecular flexibility index (Phi) is 4.10. The van der Waals surface area contributed by atoms with Crippen molar-refractivity contribution in [2.24, 2.45) is 5.73 Å². The molecule has 5 nitrogen and oxygen atoms in total. The lowest BCUT2D eigenvalue weighted by molar-refractivity contribution is 0.171. The number of aromatic amines is 1. The predicted molar refractivity (Wildman–Crippen MR) is 81.7 cm³/mol. The molecule has 0 saturated carbocycles. The summed E-state index contributed by atoms with van der Waals surface area (Å²) in [4.78, 5) is 7.87. The molecule has 0 fully saturated rings. The Bertz CT molecular complexity index is 609. The van der Waals surface area contributed by atoms with Gasteiger partial charge in [-0.3, -0.25) is 0 Å². The number of aromatic nitrogens is 2. The minimum absolute atomic E-state index is 0.293. The fourth-order valence-electron chi connectivity index (χ4n) is 2.62. The van der Waals surface area contributed by atoms with E-state index in [9.17, 15) is 0 Å². The lowest BCUT2D eigenvalue weighted by Crippen LogP contribution is -2.15. The summed E-state index contributed by atoms with van der Waals surface area (Å²) >= 11 is 0. The van der Waals surface area contributed by atoms with E-state index in [1.165, 1.54) is 0 Å². The van der Waals surface area contributed by atoms with Gasteiger partial charge in [-0.25, -0.2) is 4.98 Å². The number of nitrogens with two attached hydrogens (primary N) is 1. The zero-order chi connectivity index (χ0) is 14.7. The van der Waals surface area contributed by atoms with Gasteiger partial charge in [0.2, 0.25) is 0 Å². The van der Waals surface area contributed by atoms with Crippen molar-refractivity contribution in [2.75, 3.05) is 19.8 Å². The number of imidazole rings is 1. The number of ether oxygens (including phenoxy) is 2. The van der Waals surface area contributed by atoms with Gasteiger partial charge in [-0.2, -0.15) is 0 Å². The molecule has 0 radical (unpaired) electrons. The maximum atomic E-state index is 5.83. The van der Waals surface area contributed by atoms with Crippen molar-refractivity contribution < 1.29 is 9.47 Å². The van der Waals surface area contributed by atoms with E-state index in [4.69, 9.17) is 15.2 Å². The molecular weight excluding hydrogens is 266 g/mol. The average Bonchev–Trinajstić information content (AvgIpc) is 3.02. The first-order valence-corrected chi connectivity index (χ1v) is 7.46. The highest BCUT2D eigenvalue weighted by atomic mass is 16.6. The van der Waals surface area contributed by atoms with Crippen LogP contribution in [0.3, 0.4) is 0 Å². The second-order valence-electron chi connectivity index (χ2n) is 5.26. The molecule has 3 N–H and O–H groups in total. The maximum Gasteiger partial charge on any atom is 0.162 e. The molecule has 0 bridgehead atoms. The van der Waals surface area contributed by atoms with Gasteiger partial charge >= 0.3 is 0 Å². The second-order valence-corrected chi connectivity index (χ2v) is 5.26. The number of fused-ring (bicyclic) bond motifs is 1. The molecule has 1 aliphatic rings. The van der Waals surface area contributed by atoms with Gasteiger partial charge in [-0.1, -0.05) is 13.3 Å². The highest BCUT2D eigenvalue weighted by Crippen LogP contribution is 2.34. The number of hydrogen-bond donors (Lipinski definition) is 2. The van der Waals surface area contributed by atoms with E-state index in [1.54, 1.807) is 0 Å². The van der Waals surface area contributed by atoms with Crippen LogP contribution in [0.4, 0.5) is 0 Å². The van der Waals surface area contributed by atoms with E-state index in [0.29, 0.717) is 25.7 Å². The smallest absolute Gasteiger partial charge is 0.162 e. The summed E-state index contributed by atoms with van der Waals surface area (Å²) in [6.45, 7) is 3.97. The van der Waals surface area contributed by atoms with Crippen LogP contribution in [-0.4, -0.2) is 29.7 Å². The standard InChI is InChI=1S/C16H21N3O2/c1-2-3-12(9-17)16-18-10-13(19-16)11-4-5-14-15(8-11)21-7-6-20-14/h4-5,8,10,12H,2-3,6-7,9,17H2,1H3,(H,18,19). The molecule has 2 heterocycles. The zero-order valence-corrected chi connectivity index (χ0v) is 12.3. The summed E-state index contributed by atoms with van der Waals surface area (Å²) in [6.07, 6.45) is 4.01. The minimum Gasteiger partial charge on any atom is -0.486 e. The molecule has 0 saturated heterocycles. The maximum absolute atomic E-state index is 5.83. The van der Waals surface area contributed by atoms with Crippen LogP contribution < -0.4 is 15.2 Å². The molecule has 1 aromatic heterocycles. The van der Waals surface area contributed by atoms with Crippen molar-refractivity contribution >= 4 is 0 Å². The highest BCUT2D eigenvalue weighted by molar-refractivity contribution is 5.63. The summed E-state index contributed by atoms with van der Waals surface area (Å²) < 4.78 is 11.2. The number of H-pyrrole nitrogens is 1. The number of nitrogens with one attached hydrogen (secondary N) is 1. The van der Waals surface area contributed by atoms with E-state index in [1.807, 2.05) is 24.4 Å². The van der Waals surface area contributed by atoms with E-state index in [2.05, 4.69) is 16.9 Å². The first-order chi connectivity index (χ1) is 10.3. The van der Waals surface area contributed by atoms with Crippen LogP contribution in [-0.2, 0) is 0 Å². The third-order valence-electron chi connectivity index (χ3n) is 3.76. The van der Waals surface area contributed by atoms with Crippen molar-refractivity contribution in [3.8, 4) is 22.8 Å². The fourth-order valence-corrected chi connectivity index (χ4v) is 2.62. The normalized spacial score (nSPS) is 15.0. The molecule has 0 spiro atoms. The summed E-state index contributed by atoms with van der Waals surface area (Å²) in [6, 6.07) is 5.95. The summed E-state index contributed by atoms with van der Waals surface area (Å²) in [5, 5.41) is 0. The molecule has 112 valence electrons. The van der Waals surface area contributed by atoms with Crippen molar-refractivity contribution in [1.82, 2.24) is 9.97 Å². The third-order valence-corrected chi connectivity index (χ3v) is 3.76. The minimum atomic E-state index is 0.293. The molecule has 1 aliphatic heterocycles. The summed E-state index contributed by atoms with van der Waals surface area (Å²) in [7, 11) is 0. The van der Waals surface area contributed by atoms with Gasteiger partial charge in [0.1, 0.15) is 19.0 Å². The van der Waals surface area contributed by atoms with Gasteiger partial charge in [-0.15, -0.1) is 0 Å². The van der Waals surface area contributed by atoms with Gasteiger partial charge in [0, 0.05) is 18.0 Å². The van der Waals surface area contributed by atoms with Crippen LogP contribution in [0.2, 0.25) is 0 Å². The predicted octanol–water partition coefficient (Wildman–Crippen LogP) is 2.69. The number of rotatable bonds is 5. The number of hydrogen-bond acceptors (Lipinski definition) is 4. The lowest BCUT2D eigenvalue weighted by Gasteiger charge is -2.18. The largest absolute Gasteiger partial charge is 0.486 e. The Morgan fingerprint density at radius 3 is 2.86 bits per heavy atom. The Labute approximate surface area is 124 Å². The van der Waals surface area contributed by atoms with Crippen molar-refractivity contribution in [3.63, 3.8) is 0 Å². The average molecular weight is 287 g/mol. The van der Waals surface area contributed by atoms with Gasteiger partial charge in [0.05, 0.1) is 11.9 Å². The SMILES string of the molecule is CCCC(CN)c1ncc(-c2ccc3c(c2)OCCO3)[nH]1. The third kappa shape index (κ3) is 2.88. The first kappa shape index (κ1) is 13.9. The molecule has 1 aromatic carbocycles. The molecular formula is C16H21N3O2. The Hall–Kier alpha value is -2.01. The fraction of sp³-hybridized carbons (Fsp3) is 0.438. The van der Waals surface area contributed by atoms with Crippen molar-refractivity contribution in [1.29, 1.82) is 0 Å². The molecule has 0 aliphatic carbocycles.